The van der Waals surface area contributed by atoms with Gasteiger partial charge < -0.3 is 0 Å². The molecule has 15 rings (SSSR count). The topological polar surface area (TPSA) is 28.3 Å². The molecule has 11 aromatic rings. The minimum absolute atomic E-state index is 0.0272. The molecule has 2 aromatic heterocycles. The molecule has 6 heterocycles. The molecular weight excluding hydrogens is 888 g/mol. The second-order valence-corrected chi connectivity index (χ2v) is 21.2. The van der Waals surface area contributed by atoms with E-state index in [4.69, 9.17) is 9.47 Å². The molecule has 0 aliphatic carbocycles. The fraction of sp³-hybridized carbons (Fsp3) is 0. The average molecular weight is 918 g/mol. The molecule has 286 valence electrons. The van der Waals surface area contributed by atoms with Gasteiger partial charge in [-0.25, -0.2) is 0 Å². The Morgan fingerprint density at radius 1 is 0.371 bits per heavy atom. The minimum atomic E-state index is 0.0272. The molecule has 0 fully saturated rings. The molecule has 0 bridgehead atoms. The molecule has 0 N–H and O–H groups in total. The third-order valence-corrected chi connectivity index (χ3v) is 18.5. The summed E-state index contributed by atoms with van der Waals surface area (Å²) in [5.74, 6) is 3.67. The predicted octanol–water partition coefficient (Wildman–Crippen LogP) is 5.06. The molecule has 4 aliphatic rings. The Morgan fingerprint density at radius 2 is 0.903 bits per heavy atom. The van der Waals surface area contributed by atoms with Crippen molar-refractivity contribution in [3.8, 4) is 34.4 Å². The molecule has 0 spiro atoms. The van der Waals surface area contributed by atoms with Crippen molar-refractivity contribution in [1.82, 2.24) is 9.13 Å². The van der Waals surface area contributed by atoms with Crippen LogP contribution < -0.4 is 60.1 Å². The van der Waals surface area contributed by atoms with Gasteiger partial charge in [-0.3, -0.25) is 0 Å². The van der Waals surface area contributed by atoms with Gasteiger partial charge in [0.15, 0.2) is 0 Å². The Kier molecular flexibility index (Phi) is 6.84. The van der Waals surface area contributed by atoms with Crippen LogP contribution in [0.4, 0.5) is 0 Å². The van der Waals surface area contributed by atoms with Crippen molar-refractivity contribution in [2.75, 3.05) is 0 Å². The van der Waals surface area contributed by atoms with Crippen molar-refractivity contribution in [2.24, 2.45) is 0 Å². The number of ether oxygens (including phenoxy) is 2. The zero-order valence-corrected chi connectivity index (χ0v) is 36.4. The molecular formula is C54H30B2N2O2Se2. The molecule has 9 aromatic carbocycles. The van der Waals surface area contributed by atoms with Crippen LogP contribution in [0.5, 0.6) is 23.0 Å². The van der Waals surface area contributed by atoms with Gasteiger partial charge in [-0.2, -0.15) is 0 Å². The number of nitrogens with zero attached hydrogens (tertiary/aromatic N) is 2. The van der Waals surface area contributed by atoms with Gasteiger partial charge in [-0.1, -0.05) is 0 Å². The number of aromatic nitrogens is 2. The molecule has 0 saturated carbocycles. The Hall–Kier alpha value is -6.65. The van der Waals surface area contributed by atoms with Gasteiger partial charge in [0.25, 0.3) is 0 Å². The van der Waals surface area contributed by atoms with Crippen molar-refractivity contribution < 1.29 is 9.47 Å². The summed E-state index contributed by atoms with van der Waals surface area (Å²) in [5.41, 5.74) is 14.9. The first-order valence-electron chi connectivity index (χ1n) is 21.1. The van der Waals surface area contributed by atoms with E-state index >= 15 is 0 Å². The molecule has 4 aliphatic heterocycles. The number of hydrogen-bond donors (Lipinski definition) is 0. The molecule has 0 radical (unpaired) electrons. The van der Waals surface area contributed by atoms with Crippen LogP contribution in [0.2, 0.25) is 0 Å². The Balaban J connectivity index is 1.01. The average Bonchev–Trinajstić information content (AvgIpc) is 3.84. The number of para-hydroxylation sites is 4. The Labute approximate surface area is 370 Å². The normalized spacial score (nSPS) is 13.9. The third kappa shape index (κ3) is 4.45. The van der Waals surface area contributed by atoms with Crippen LogP contribution in [0.25, 0.3) is 55.0 Å². The van der Waals surface area contributed by atoms with Crippen LogP contribution in [0.15, 0.2) is 182 Å². The SMILES string of the molecule is c1ccc(-n2c3ccccc3c3c4c5c(cc32)[Se]c2ccccc2B5c2cc3c(cc2O4)Oc2cc4c(c5c2B3c2ccccc2[Se]5)c2ccccc2n4-c2ccccc2)cc1. The Morgan fingerprint density at radius 3 is 1.58 bits per heavy atom. The van der Waals surface area contributed by atoms with Crippen LogP contribution in [-0.4, -0.2) is 52.5 Å². The van der Waals surface area contributed by atoms with Crippen molar-refractivity contribution >= 4 is 138 Å². The summed E-state index contributed by atoms with van der Waals surface area (Å²) in [6, 6.07) is 67.1. The number of fused-ring (bicyclic) bond motifs is 16. The molecule has 4 nitrogen and oxygen atoms in total. The van der Waals surface area contributed by atoms with Gasteiger partial charge in [0.05, 0.1) is 0 Å². The monoisotopic (exact) mass is 920 g/mol. The van der Waals surface area contributed by atoms with Gasteiger partial charge >= 0.3 is 373 Å². The summed E-state index contributed by atoms with van der Waals surface area (Å²) < 4.78 is 25.3. The van der Waals surface area contributed by atoms with E-state index < -0.39 is 0 Å². The first-order chi connectivity index (χ1) is 30.8. The summed E-state index contributed by atoms with van der Waals surface area (Å²) in [6.45, 7) is 0.0544. The van der Waals surface area contributed by atoms with Crippen LogP contribution in [0.1, 0.15) is 0 Å². The second kappa shape index (κ2) is 12.5. The zero-order chi connectivity index (χ0) is 40.2. The van der Waals surface area contributed by atoms with E-state index in [-0.39, 0.29) is 43.3 Å². The quantitative estimate of drug-likeness (QED) is 0.227. The van der Waals surface area contributed by atoms with Gasteiger partial charge in [-0.15, -0.1) is 0 Å². The van der Waals surface area contributed by atoms with Crippen LogP contribution in [0.3, 0.4) is 0 Å². The van der Waals surface area contributed by atoms with Gasteiger partial charge in [0.2, 0.25) is 0 Å². The maximum absolute atomic E-state index is 7.44. The fourth-order valence-electron chi connectivity index (χ4n) is 11.1. The Bertz CT molecular complexity index is 3770. The van der Waals surface area contributed by atoms with Crippen LogP contribution in [-0.2, 0) is 0 Å². The maximum atomic E-state index is 7.44. The number of benzene rings is 9. The molecule has 0 saturated heterocycles. The van der Waals surface area contributed by atoms with E-state index in [0.717, 1.165) is 34.4 Å². The van der Waals surface area contributed by atoms with Gasteiger partial charge in [0.1, 0.15) is 0 Å². The molecule has 0 atom stereocenters. The molecule has 8 heteroatoms. The van der Waals surface area contributed by atoms with Crippen molar-refractivity contribution in [2.45, 2.75) is 0 Å². The second-order valence-electron chi connectivity index (χ2n) is 16.7. The zero-order valence-electron chi connectivity index (χ0n) is 33.0. The number of hydrogen-bond acceptors (Lipinski definition) is 2. The van der Waals surface area contributed by atoms with E-state index in [9.17, 15) is 0 Å². The van der Waals surface area contributed by atoms with E-state index in [2.05, 4.69) is 191 Å². The molecule has 62 heavy (non-hydrogen) atoms. The van der Waals surface area contributed by atoms with Gasteiger partial charge in [-0.05, 0) is 0 Å². The van der Waals surface area contributed by atoms with E-state index in [0.29, 0.717) is 0 Å². The van der Waals surface area contributed by atoms with Crippen LogP contribution >= 0.6 is 0 Å². The summed E-state index contributed by atoms with van der Waals surface area (Å²) in [5, 5.41) is 5.00. The predicted molar refractivity (Wildman–Crippen MR) is 260 cm³/mol. The van der Waals surface area contributed by atoms with E-state index in [1.54, 1.807) is 0 Å². The van der Waals surface area contributed by atoms with Crippen molar-refractivity contribution in [3.63, 3.8) is 0 Å². The van der Waals surface area contributed by atoms with E-state index in [1.807, 2.05) is 0 Å². The summed E-state index contributed by atoms with van der Waals surface area (Å²) in [4.78, 5) is 0. The van der Waals surface area contributed by atoms with E-state index in [1.165, 1.54) is 94.2 Å². The van der Waals surface area contributed by atoms with Gasteiger partial charge in [0, 0.05) is 0 Å². The first kappa shape index (κ1) is 34.0. The van der Waals surface area contributed by atoms with Crippen LogP contribution in [0, 0.1) is 0 Å². The summed E-state index contributed by atoms with van der Waals surface area (Å²) >= 11 is 0.174. The first-order valence-corrected chi connectivity index (χ1v) is 24.6. The van der Waals surface area contributed by atoms with Crippen molar-refractivity contribution in [1.29, 1.82) is 0 Å². The summed E-state index contributed by atoms with van der Waals surface area (Å²) in [7, 11) is 0. The van der Waals surface area contributed by atoms with Crippen molar-refractivity contribution in [3.05, 3.63) is 182 Å². The third-order valence-electron chi connectivity index (χ3n) is 13.5. The number of rotatable bonds is 2. The molecule has 0 unspecified atom stereocenters. The molecule has 0 amide bonds. The standard InChI is InChI=1S/C54H30B2N2O2Se2/c1-3-15-31(16-4-1)57-40-24-12-8-20-34(40)50-41(57)28-45-51-54(50)62-47-26-14-10-22-36(47)55(51)37-27-38-44(30-43(37)59-45)60-53-49-33-19-7-11-23-39(33)58(32-17-5-2-6-18-32)42(49)29-48-52(53)56(38)35-21-9-13-25-46(35)61-48/h1-30H. The summed E-state index contributed by atoms with van der Waals surface area (Å²) in [6.07, 6.45) is 0. The fourth-order valence-corrected chi connectivity index (χ4v) is 16.3.